The average molecular weight is 640 g/mol. The molecule has 0 radical (unpaired) electrons. The normalized spacial score (nSPS) is 24.5. The van der Waals surface area contributed by atoms with E-state index in [4.69, 9.17) is 14.6 Å². The third-order valence-corrected chi connectivity index (χ3v) is 9.08. The molecule has 238 valence electrons. The predicted octanol–water partition coefficient (Wildman–Crippen LogP) is 3.88. The minimum absolute atomic E-state index is 0.0277. The molecule has 44 heavy (non-hydrogen) atoms. The van der Waals surface area contributed by atoms with Crippen LogP contribution in [0.25, 0.3) is 0 Å². The lowest BCUT2D eigenvalue weighted by Crippen LogP contribution is -2.50. The smallest absolute Gasteiger partial charge is 0.338 e. The summed E-state index contributed by atoms with van der Waals surface area (Å²) in [5, 5.41) is 15.5. The third-order valence-electron chi connectivity index (χ3n) is 8.30. The first kappa shape index (κ1) is 32.0. The van der Waals surface area contributed by atoms with E-state index in [0.29, 0.717) is 10.6 Å². The molecule has 4 heterocycles. The highest BCUT2D eigenvalue weighted by Gasteiger charge is 2.61. The maximum atomic E-state index is 15.6. The second-order valence-electron chi connectivity index (χ2n) is 11.5. The molecule has 1 aromatic heterocycles. The zero-order valence-electron chi connectivity index (χ0n) is 24.5. The number of aliphatic imine (C=N–C) groups is 1. The summed E-state index contributed by atoms with van der Waals surface area (Å²) in [6.07, 6.45) is -0.425. The summed E-state index contributed by atoms with van der Waals surface area (Å²) in [5.74, 6) is -5.73. The zero-order chi connectivity index (χ0) is 32.0. The molecule has 1 aromatic carbocycles. The van der Waals surface area contributed by atoms with Gasteiger partial charge in [-0.1, -0.05) is 12.1 Å². The highest BCUT2D eigenvalue weighted by atomic mass is 32.1. The van der Waals surface area contributed by atoms with Crippen LogP contribution in [0.15, 0.2) is 46.0 Å². The fourth-order valence-corrected chi connectivity index (χ4v) is 6.23. The number of carbonyl (C=O) groups is 2. The summed E-state index contributed by atoms with van der Waals surface area (Å²) in [4.78, 5) is 41.0. The van der Waals surface area contributed by atoms with E-state index in [0.717, 1.165) is 5.06 Å². The Morgan fingerprint density at radius 3 is 2.75 bits per heavy atom. The number of benzene rings is 1. The Morgan fingerprint density at radius 1 is 1.34 bits per heavy atom. The van der Waals surface area contributed by atoms with Crippen molar-refractivity contribution in [2.45, 2.75) is 57.9 Å². The lowest BCUT2D eigenvalue weighted by molar-refractivity contribution is -0.196. The number of carbonyl (C=O) groups excluding carboxylic acids is 1. The highest BCUT2D eigenvalue weighted by Crippen LogP contribution is 2.42. The van der Waals surface area contributed by atoms with Crippen LogP contribution in [0.3, 0.4) is 0 Å². The van der Waals surface area contributed by atoms with Crippen molar-refractivity contribution in [3.63, 3.8) is 0 Å². The summed E-state index contributed by atoms with van der Waals surface area (Å²) in [6, 6.07) is 0.926. The van der Waals surface area contributed by atoms with Gasteiger partial charge in [-0.2, -0.15) is 5.06 Å². The first-order chi connectivity index (χ1) is 20.8. The fraction of sp³-hybridized carbons (Fsp3) is 0.517. The number of esters is 1. The van der Waals surface area contributed by atoms with Gasteiger partial charge in [0.1, 0.15) is 24.1 Å². The van der Waals surface area contributed by atoms with Crippen LogP contribution in [0.2, 0.25) is 0 Å². The largest absolute Gasteiger partial charge is 0.481 e. The SMILES string of the molecule is CCOC(=O)C1=C(CN2CC(F)(F)[C@H]3[C@@H]2CON3C[C@H](F)C(C)(C)C(=O)O)NC(c2nccs2)=N[C@H]1c1cccc(F)c1C. The number of alkyl halides is 3. The number of carboxylic acid groups (broad SMARTS) is 1. The predicted molar refractivity (Wildman–Crippen MR) is 152 cm³/mol. The molecule has 0 spiro atoms. The maximum absolute atomic E-state index is 15.6. The van der Waals surface area contributed by atoms with E-state index >= 15 is 13.2 Å². The second-order valence-corrected chi connectivity index (χ2v) is 12.4. The fourth-order valence-electron chi connectivity index (χ4n) is 5.64. The monoisotopic (exact) mass is 639 g/mol. The number of halogens is 4. The van der Waals surface area contributed by atoms with Gasteiger partial charge in [0.2, 0.25) is 0 Å². The number of hydroxylamine groups is 2. The number of aliphatic carboxylic acids is 1. The van der Waals surface area contributed by atoms with Crippen LogP contribution in [-0.4, -0.2) is 94.9 Å². The van der Waals surface area contributed by atoms with Gasteiger partial charge in [0.15, 0.2) is 10.8 Å². The maximum Gasteiger partial charge on any atom is 0.338 e. The first-order valence-corrected chi connectivity index (χ1v) is 14.9. The molecule has 2 N–H and O–H groups in total. The summed E-state index contributed by atoms with van der Waals surface area (Å²) in [5.41, 5.74) is -0.898. The molecular formula is C29H33F4N5O5S. The topological polar surface area (TPSA) is 117 Å². The van der Waals surface area contributed by atoms with Crippen molar-refractivity contribution in [1.29, 1.82) is 0 Å². The van der Waals surface area contributed by atoms with Crippen molar-refractivity contribution >= 4 is 29.1 Å². The average Bonchev–Trinajstić information content (AvgIpc) is 3.69. The number of hydrogen-bond donors (Lipinski definition) is 2. The Morgan fingerprint density at radius 2 is 2.09 bits per heavy atom. The molecule has 2 aromatic rings. The number of thiazole rings is 1. The number of nitrogens with one attached hydrogen (secondary N) is 1. The first-order valence-electron chi connectivity index (χ1n) is 14.0. The van der Waals surface area contributed by atoms with E-state index < -0.39 is 66.5 Å². The Bertz CT molecular complexity index is 1480. The van der Waals surface area contributed by atoms with Crippen LogP contribution < -0.4 is 5.32 Å². The molecule has 15 heteroatoms. The number of aromatic nitrogens is 1. The van der Waals surface area contributed by atoms with Crippen LogP contribution >= 0.6 is 11.3 Å². The summed E-state index contributed by atoms with van der Waals surface area (Å²) in [6.45, 7) is 3.77. The van der Waals surface area contributed by atoms with E-state index in [1.807, 2.05) is 0 Å². The van der Waals surface area contributed by atoms with Crippen molar-refractivity contribution in [2.75, 3.05) is 32.8 Å². The van der Waals surface area contributed by atoms with Crippen molar-refractivity contribution in [3.8, 4) is 0 Å². The van der Waals surface area contributed by atoms with Gasteiger partial charge in [0, 0.05) is 23.8 Å². The Hall–Kier alpha value is -3.40. The lowest BCUT2D eigenvalue weighted by atomic mass is 9.87. The number of hydrogen-bond acceptors (Lipinski definition) is 10. The number of amidine groups is 1. The zero-order valence-corrected chi connectivity index (χ0v) is 25.3. The van der Waals surface area contributed by atoms with Crippen molar-refractivity contribution in [3.05, 3.63) is 63.0 Å². The quantitative estimate of drug-likeness (QED) is 0.295. The van der Waals surface area contributed by atoms with Gasteiger partial charge < -0.3 is 15.2 Å². The number of rotatable bonds is 10. The van der Waals surface area contributed by atoms with E-state index in [9.17, 15) is 19.1 Å². The van der Waals surface area contributed by atoms with Gasteiger partial charge in [-0.3, -0.25) is 19.5 Å². The molecule has 3 aliphatic heterocycles. The standard InChI is InChI=1S/C29H33F4N5O5S/c1-5-42-26(39)21-18(35-24(25-34-9-10-44-25)36-22(21)16-7-6-8-17(30)15(16)2)11-37-14-29(32,33)23-19(37)13-43-38(23)12-20(31)28(3,4)27(40)41/h6-10,19-20,22-23H,5,11-14H2,1-4H3,(H,35,36)(H,40,41)/t19-,20-,22-,23+/m0/s1. The molecule has 0 amide bonds. The van der Waals surface area contributed by atoms with E-state index in [1.54, 1.807) is 31.5 Å². The molecule has 0 unspecified atom stereocenters. The lowest BCUT2D eigenvalue weighted by Gasteiger charge is -2.31. The van der Waals surface area contributed by atoms with Gasteiger partial charge in [-0.15, -0.1) is 11.3 Å². The Kier molecular flexibility index (Phi) is 8.86. The summed E-state index contributed by atoms with van der Waals surface area (Å²) >= 11 is 1.27. The van der Waals surface area contributed by atoms with Crippen molar-refractivity contribution in [2.24, 2.45) is 10.4 Å². The molecule has 5 rings (SSSR count). The van der Waals surface area contributed by atoms with Gasteiger partial charge in [-0.05, 0) is 44.9 Å². The molecule has 0 bridgehead atoms. The molecule has 2 saturated heterocycles. The Labute approximate surface area is 255 Å². The number of likely N-dealkylation sites (tertiary alicyclic amines) is 1. The van der Waals surface area contributed by atoms with Crippen molar-refractivity contribution in [1.82, 2.24) is 20.3 Å². The molecule has 10 nitrogen and oxygen atoms in total. The van der Waals surface area contributed by atoms with Gasteiger partial charge in [0.05, 0.1) is 43.3 Å². The minimum Gasteiger partial charge on any atom is -0.481 e. The molecule has 3 aliphatic rings. The molecule has 2 fully saturated rings. The van der Waals surface area contributed by atoms with Crippen LogP contribution in [0.4, 0.5) is 17.6 Å². The van der Waals surface area contributed by atoms with Crippen LogP contribution in [0, 0.1) is 18.2 Å². The van der Waals surface area contributed by atoms with E-state index in [2.05, 4.69) is 10.3 Å². The number of ether oxygens (including phenoxy) is 1. The molecule has 4 atom stereocenters. The van der Waals surface area contributed by atoms with Crippen LogP contribution in [0.1, 0.15) is 42.9 Å². The van der Waals surface area contributed by atoms with Gasteiger partial charge in [-0.25, -0.2) is 27.3 Å². The Balaban J connectivity index is 1.51. The number of carboxylic acids is 1. The second kappa shape index (κ2) is 12.2. The van der Waals surface area contributed by atoms with Gasteiger partial charge >= 0.3 is 11.9 Å². The minimum atomic E-state index is -3.36. The van der Waals surface area contributed by atoms with Gasteiger partial charge in [0.25, 0.3) is 5.92 Å². The van der Waals surface area contributed by atoms with E-state index in [-0.39, 0.29) is 42.4 Å². The molecule has 0 saturated carbocycles. The molecular weight excluding hydrogens is 606 g/mol. The highest BCUT2D eigenvalue weighted by molar-refractivity contribution is 7.11. The summed E-state index contributed by atoms with van der Waals surface area (Å²) < 4.78 is 66.3. The van der Waals surface area contributed by atoms with Crippen molar-refractivity contribution < 1.29 is 41.8 Å². The van der Waals surface area contributed by atoms with E-state index in [1.165, 1.54) is 42.2 Å². The van der Waals surface area contributed by atoms with Crippen LogP contribution in [-0.2, 0) is 19.2 Å². The van der Waals surface area contributed by atoms with Crippen LogP contribution in [0.5, 0.6) is 0 Å². The number of nitrogens with zero attached hydrogens (tertiary/aromatic N) is 4. The third kappa shape index (κ3) is 5.85. The summed E-state index contributed by atoms with van der Waals surface area (Å²) in [7, 11) is 0. The number of fused-ring (bicyclic) bond motifs is 1. The molecule has 0 aliphatic carbocycles.